The minimum absolute atomic E-state index is 0.293. The lowest BCUT2D eigenvalue weighted by atomic mass is 9.99. The second-order valence-corrected chi connectivity index (χ2v) is 6.24. The fourth-order valence-corrected chi connectivity index (χ4v) is 3.59. The summed E-state index contributed by atoms with van der Waals surface area (Å²) >= 11 is 6.22. The van der Waals surface area contributed by atoms with Gasteiger partial charge in [0.2, 0.25) is 0 Å². The molecule has 0 aliphatic carbocycles. The third kappa shape index (κ3) is 2.09. The maximum Gasteiger partial charge on any atom is 0.338 e. The maximum atomic E-state index is 12.4. The molecular formula is C20H16ClNO2. The minimum atomic E-state index is -0.293. The zero-order valence-electron chi connectivity index (χ0n) is 13.5. The first-order chi connectivity index (χ1) is 11.6. The van der Waals surface area contributed by atoms with Crippen molar-refractivity contribution < 1.29 is 9.53 Å². The van der Waals surface area contributed by atoms with Crippen molar-refractivity contribution in [2.24, 2.45) is 7.05 Å². The Labute approximate surface area is 144 Å². The Bertz CT molecular complexity index is 1110. The summed E-state index contributed by atoms with van der Waals surface area (Å²) in [6, 6.07) is 15.7. The molecule has 24 heavy (non-hydrogen) atoms. The van der Waals surface area contributed by atoms with Crippen LogP contribution in [0.4, 0.5) is 0 Å². The Kier molecular flexibility index (Phi) is 3.47. The van der Waals surface area contributed by atoms with Crippen molar-refractivity contribution in [3.8, 4) is 0 Å². The third-order valence-corrected chi connectivity index (χ3v) is 4.70. The van der Waals surface area contributed by atoms with E-state index >= 15 is 0 Å². The highest BCUT2D eigenvalue weighted by Crippen LogP contribution is 2.37. The molecule has 0 atom stereocenters. The van der Waals surface area contributed by atoms with Gasteiger partial charge in [-0.15, -0.1) is 0 Å². The van der Waals surface area contributed by atoms with Gasteiger partial charge in [-0.05, 0) is 42.0 Å². The molecule has 1 aromatic heterocycles. The molecule has 0 aliphatic heterocycles. The molecule has 120 valence electrons. The highest BCUT2D eigenvalue weighted by atomic mass is 35.5. The normalized spacial score (nSPS) is 11.5. The van der Waals surface area contributed by atoms with E-state index in [4.69, 9.17) is 16.3 Å². The summed E-state index contributed by atoms with van der Waals surface area (Å²) in [5.74, 6) is -0.293. The lowest BCUT2D eigenvalue weighted by Gasteiger charge is -2.09. The maximum absolute atomic E-state index is 12.4. The van der Waals surface area contributed by atoms with E-state index in [9.17, 15) is 4.79 Å². The standard InChI is InChI=1S/C20H16ClNO2/c1-3-24-20(23)15-11-18-19(14-7-5-4-6-13(14)15)16-10-12(21)8-9-17(16)22(18)2/h4-11H,3H2,1-2H3. The molecule has 0 unspecified atom stereocenters. The summed E-state index contributed by atoms with van der Waals surface area (Å²) in [4.78, 5) is 12.4. The van der Waals surface area contributed by atoms with E-state index in [1.165, 1.54) is 0 Å². The molecule has 3 aromatic carbocycles. The van der Waals surface area contributed by atoms with Crippen molar-refractivity contribution in [1.29, 1.82) is 0 Å². The van der Waals surface area contributed by atoms with Gasteiger partial charge in [0.05, 0.1) is 17.7 Å². The van der Waals surface area contributed by atoms with Gasteiger partial charge in [0.25, 0.3) is 0 Å². The van der Waals surface area contributed by atoms with Gasteiger partial charge in [0.1, 0.15) is 0 Å². The summed E-state index contributed by atoms with van der Waals surface area (Å²) in [5.41, 5.74) is 2.67. The van der Waals surface area contributed by atoms with Crippen LogP contribution in [0.1, 0.15) is 17.3 Å². The number of aryl methyl sites for hydroxylation is 1. The second-order valence-electron chi connectivity index (χ2n) is 5.80. The lowest BCUT2D eigenvalue weighted by molar-refractivity contribution is 0.0529. The first-order valence-corrected chi connectivity index (χ1v) is 8.26. The molecule has 0 saturated heterocycles. The molecule has 1 heterocycles. The molecule has 0 radical (unpaired) electrons. The summed E-state index contributed by atoms with van der Waals surface area (Å²) in [7, 11) is 2.00. The zero-order valence-corrected chi connectivity index (χ0v) is 14.2. The molecular weight excluding hydrogens is 322 g/mol. The van der Waals surface area contributed by atoms with Gasteiger partial charge in [-0.3, -0.25) is 0 Å². The molecule has 4 aromatic rings. The number of ether oxygens (including phenoxy) is 1. The minimum Gasteiger partial charge on any atom is -0.462 e. The molecule has 0 N–H and O–H groups in total. The summed E-state index contributed by atoms with van der Waals surface area (Å²) < 4.78 is 7.34. The van der Waals surface area contributed by atoms with Crippen LogP contribution < -0.4 is 0 Å². The number of aromatic nitrogens is 1. The molecule has 4 rings (SSSR count). The smallest absolute Gasteiger partial charge is 0.338 e. The first kappa shape index (κ1) is 15.0. The van der Waals surface area contributed by atoms with Gasteiger partial charge >= 0.3 is 5.97 Å². The van der Waals surface area contributed by atoms with Crippen LogP contribution in [0.15, 0.2) is 48.5 Å². The number of esters is 1. The first-order valence-electron chi connectivity index (χ1n) is 7.88. The molecule has 0 bridgehead atoms. The van der Waals surface area contributed by atoms with Crippen LogP contribution in [0.5, 0.6) is 0 Å². The van der Waals surface area contributed by atoms with Gasteiger partial charge < -0.3 is 9.30 Å². The lowest BCUT2D eigenvalue weighted by Crippen LogP contribution is -2.05. The van der Waals surface area contributed by atoms with Crippen molar-refractivity contribution in [2.45, 2.75) is 6.92 Å². The number of hydrogen-bond donors (Lipinski definition) is 0. The number of hydrogen-bond acceptors (Lipinski definition) is 2. The van der Waals surface area contributed by atoms with E-state index in [0.29, 0.717) is 17.2 Å². The zero-order chi connectivity index (χ0) is 16.8. The van der Waals surface area contributed by atoms with Crippen LogP contribution in [0.2, 0.25) is 5.02 Å². The van der Waals surface area contributed by atoms with Crippen molar-refractivity contribution in [3.63, 3.8) is 0 Å². The van der Waals surface area contributed by atoms with Crippen molar-refractivity contribution in [2.75, 3.05) is 6.61 Å². The number of halogens is 1. The largest absolute Gasteiger partial charge is 0.462 e. The van der Waals surface area contributed by atoms with E-state index in [1.54, 1.807) is 0 Å². The second kappa shape index (κ2) is 5.53. The average Bonchev–Trinajstić information content (AvgIpc) is 2.86. The number of benzene rings is 3. The number of carbonyl (C=O) groups is 1. The van der Waals surface area contributed by atoms with Crippen LogP contribution in [0.25, 0.3) is 32.6 Å². The van der Waals surface area contributed by atoms with E-state index in [-0.39, 0.29) is 5.97 Å². The van der Waals surface area contributed by atoms with Gasteiger partial charge in [0.15, 0.2) is 0 Å². The molecule has 0 amide bonds. The van der Waals surface area contributed by atoms with Gasteiger partial charge in [0, 0.05) is 28.4 Å². The molecule has 3 nitrogen and oxygen atoms in total. The van der Waals surface area contributed by atoms with Crippen molar-refractivity contribution in [3.05, 3.63) is 59.1 Å². The number of nitrogens with zero attached hydrogens (tertiary/aromatic N) is 1. The van der Waals surface area contributed by atoms with E-state index in [2.05, 4.69) is 4.57 Å². The molecule has 0 fully saturated rings. The van der Waals surface area contributed by atoms with E-state index in [1.807, 2.05) is 62.5 Å². The monoisotopic (exact) mass is 337 g/mol. The Morgan fingerprint density at radius 3 is 2.54 bits per heavy atom. The SMILES string of the molecule is CCOC(=O)c1cc2c(c3ccccc13)c1cc(Cl)ccc1n2C. The molecule has 4 heteroatoms. The Morgan fingerprint density at radius 1 is 1.04 bits per heavy atom. The van der Waals surface area contributed by atoms with Gasteiger partial charge in [-0.1, -0.05) is 35.9 Å². The topological polar surface area (TPSA) is 31.2 Å². The average molecular weight is 338 g/mol. The van der Waals surface area contributed by atoms with Crippen molar-refractivity contribution >= 4 is 50.1 Å². The predicted molar refractivity (Wildman–Crippen MR) is 98.9 cm³/mol. The summed E-state index contributed by atoms with van der Waals surface area (Å²) in [6.07, 6.45) is 0. The van der Waals surface area contributed by atoms with Gasteiger partial charge in [-0.25, -0.2) is 4.79 Å². The van der Waals surface area contributed by atoms with Crippen LogP contribution in [0, 0.1) is 0 Å². The highest BCUT2D eigenvalue weighted by molar-refractivity contribution is 6.32. The van der Waals surface area contributed by atoms with Crippen LogP contribution in [0.3, 0.4) is 0 Å². The molecule has 0 spiro atoms. The number of rotatable bonds is 2. The fourth-order valence-electron chi connectivity index (χ4n) is 3.42. The third-order valence-electron chi connectivity index (χ3n) is 4.47. The summed E-state index contributed by atoms with van der Waals surface area (Å²) in [6.45, 7) is 2.17. The van der Waals surface area contributed by atoms with Crippen molar-refractivity contribution in [1.82, 2.24) is 4.57 Å². The van der Waals surface area contributed by atoms with E-state index < -0.39 is 0 Å². The van der Waals surface area contributed by atoms with Crippen LogP contribution in [-0.4, -0.2) is 17.1 Å². The quantitative estimate of drug-likeness (QED) is 0.464. The summed E-state index contributed by atoms with van der Waals surface area (Å²) in [5, 5.41) is 4.83. The van der Waals surface area contributed by atoms with E-state index in [0.717, 1.165) is 32.6 Å². The number of carbonyl (C=O) groups excluding carboxylic acids is 1. The molecule has 0 aliphatic rings. The Morgan fingerprint density at radius 2 is 1.79 bits per heavy atom. The Hall–Kier alpha value is -2.52. The fraction of sp³-hybridized carbons (Fsp3) is 0.150. The molecule has 0 saturated carbocycles. The predicted octanol–water partition coefficient (Wildman–Crippen LogP) is 5.31. The van der Waals surface area contributed by atoms with Crippen LogP contribution >= 0.6 is 11.6 Å². The Balaban J connectivity index is 2.23. The highest BCUT2D eigenvalue weighted by Gasteiger charge is 2.18. The van der Waals surface area contributed by atoms with Crippen LogP contribution in [-0.2, 0) is 11.8 Å². The number of fused-ring (bicyclic) bond motifs is 5. The van der Waals surface area contributed by atoms with Gasteiger partial charge in [-0.2, -0.15) is 0 Å².